The van der Waals surface area contributed by atoms with Gasteiger partial charge < -0.3 is 24.7 Å². The number of amides is 1. The van der Waals surface area contributed by atoms with Gasteiger partial charge in [0.1, 0.15) is 11.3 Å². The summed E-state index contributed by atoms with van der Waals surface area (Å²) in [5.74, 6) is 2.50. The number of fused-ring (bicyclic) bond motifs is 1. The monoisotopic (exact) mass is 499 g/mol. The number of allylic oxidation sites excluding steroid dienone is 2. The largest absolute Gasteiger partial charge is 0.496 e. The van der Waals surface area contributed by atoms with Crippen LogP contribution in [0, 0.1) is 0 Å². The van der Waals surface area contributed by atoms with E-state index in [0.717, 1.165) is 59.5 Å². The Morgan fingerprint density at radius 3 is 2.66 bits per heavy atom. The maximum Gasteiger partial charge on any atom is 0.252 e. The van der Waals surface area contributed by atoms with Crippen molar-refractivity contribution in [1.82, 2.24) is 10.6 Å². The van der Waals surface area contributed by atoms with Crippen LogP contribution < -0.4 is 15.5 Å². The summed E-state index contributed by atoms with van der Waals surface area (Å²) in [4.78, 5) is 27.9. The van der Waals surface area contributed by atoms with Crippen LogP contribution in [0.1, 0.15) is 49.5 Å². The molecule has 0 bridgehead atoms. The summed E-state index contributed by atoms with van der Waals surface area (Å²) in [5, 5.41) is 6.75. The van der Waals surface area contributed by atoms with Crippen LogP contribution >= 0.6 is 11.8 Å². The number of benzene rings is 1. The van der Waals surface area contributed by atoms with E-state index in [1.165, 1.54) is 7.11 Å². The first-order valence-electron chi connectivity index (χ1n) is 12.2. The molecule has 2 aromatic rings. The molecule has 1 aliphatic heterocycles. The molecule has 7 nitrogen and oxygen atoms in total. The lowest BCUT2D eigenvalue weighted by atomic mass is 9.96. The van der Waals surface area contributed by atoms with Gasteiger partial charge in [0.05, 0.1) is 24.5 Å². The van der Waals surface area contributed by atoms with Crippen LogP contribution in [0.3, 0.4) is 0 Å². The van der Waals surface area contributed by atoms with Crippen molar-refractivity contribution in [3.8, 4) is 0 Å². The van der Waals surface area contributed by atoms with E-state index in [0.29, 0.717) is 34.9 Å². The minimum Gasteiger partial charge on any atom is -0.496 e. The fourth-order valence-corrected chi connectivity index (χ4v) is 5.72. The van der Waals surface area contributed by atoms with Crippen LogP contribution in [0.15, 0.2) is 45.9 Å². The Labute approximate surface area is 212 Å². The summed E-state index contributed by atoms with van der Waals surface area (Å²) in [6, 6.07) is 4.38. The molecule has 2 N–H and O–H groups in total. The number of nitrogens with zero attached hydrogens (tertiary/aromatic N) is 1. The third-order valence-corrected chi connectivity index (χ3v) is 7.61. The van der Waals surface area contributed by atoms with Gasteiger partial charge in [-0.1, -0.05) is 6.92 Å². The summed E-state index contributed by atoms with van der Waals surface area (Å²) < 4.78 is 11.2. The molecule has 0 spiro atoms. The fraction of sp³-hybridized carbons (Fsp3) is 0.481. The van der Waals surface area contributed by atoms with Gasteiger partial charge in [-0.15, -0.1) is 0 Å². The first-order valence-corrected chi connectivity index (χ1v) is 13.4. The molecule has 1 aromatic heterocycles. The first-order chi connectivity index (χ1) is 17.0. The number of carbonyl (C=O) groups excluding carboxylic acids is 2. The summed E-state index contributed by atoms with van der Waals surface area (Å²) >= 11 is 2.00. The molecule has 0 atom stereocenters. The molecule has 190 valence electrons. The fourth-order valence-electron chi connectivity index (χ4n) is 4.64. The van der Waals surface area contributed by atoms with Gasteiger partial charge in [-0.05, 0) is 62.3 Å². The number of ether oxygens (including phenoxy) is 1. The maximum atomic E-state index is 13.6. The predicted octanol–water partition coefficient (Wildman–Crippen LogP) is 4.67. The van der Waals surface area contributed by atoms with E-state index in [1.807, 2.05) is 24.8 Å². The van der Waals surface area contributed by atoms with Crippen molar-refractivity contribution in [3.05, 3.63) is 52.6 Å². The topological polar surface area (TPSA) is 83.8 Å². The highest BCUT2D eigenvalue weighted by Crippen LogP contribution is 2.36. The number of carbonyl (C=O) groups is 2. The molecule has 8 heteroatoms. The highest BCUT2D eigenvalue weighted by molar-refractivity contribution is 7.99. The van der Waals surface area contributed by atoms with E-state index in [4.69, 9.17) is 9.15 Å². The average Bonchev–Trinajstić information content (AvgIpc) is 3.36. The van der Waals surface area contributed by atoms with Gasteiger partial charge in [-0.2, -0.15) is 11.8 Å². The molecule has 1 saturated heterocycles. The molecule has 3 rings (SSSR count). The Morgan fingerprint density at radius 1 is 1.31 bits per heavy atom. The Kier molecular flexibility index (Phi) is 9.72. The zero-order chi connectivity index (χ0) is 25.4. The molecular weight excluding hydrogens is 462 g/mol. The Hall–Kier alpha value is -2.87. The molecule has 1 aromatic carbocycles. The molecule has 1 fully saturated rings. The van der Waals surface area contributed by atoms with Crippen molar-refractivity contribution in [1.29, 1.82) is 0 Å². The molecule has 0 radical (unpaired) electrons. The smallest absolute Gasteiger partial charge is 0.252 e. The molecule has 0 aliphatic carbocycles. The summed E-state index contributed by atoms with van der Waals surface area (Å²) in [5.41, 5.74) is 4.59. The summed E-state index contributed by atoms with van der Waals surface area (Å²) in [7, 11) is 3.31. The number of rotatable bonds is 11. The average molecular weight is 500 g/mol. The van der Waals surface area contributed by atoms with Gasteiger partial charge in [-0.25, -0.2) is 0 Å². The second-order valence-corrected chi connectivity index (χ2v) is 9.76. The van der Waals surface area contributed by atoms with E-state index >= 15 is 0 Å². The van der Waals surface area contributed by atoms with Crippen LogP contribution in [0.2, 0.25) is 0 Å². The van der Waals surface area contributed by atoms with E-state index in [1.54, 1.807) is 19.4 Å². The number of aldehydes is 1. The first kappa shape index (κ1) is 26.7. The van der Waals surface area contributed by atoms with Crippen LogP contribution in [-0.4, -0.2) is 57.0 Å². The number of hydrogen-bond donors (Lipinski definition) is 2. The lowest BCUT2D eigenvalue weighted by Gasteiger charge is -2.37. The normalized spacial score (nSPS) is 15.5. The van der Waals surface area contributed by atoms with Crippen molar-refractivity contribution in [2.24, 2.45) is 0 Å². The van der Waals surface area contributed by atoms with E-state index in [2.05, 4.69) is 35.4 Å². The van der Waals surface area contributed by atoms with Crippen LogP contribution in [0.4, 0.5) is 5.69 Å². The lowest BCUT2D eigenvalue weighted by molar-refractivity contribution is -0.105. The zero-order valence-electron chi connectivity index (χ0n) is 21.4. The number of hydrogen-bond acceptors (Lipinski definition) is 7. The number of methoxy groups -OCH3 is 1. The predicted molar refractivity (Wildman–Crippen MR) is 144 cm³/mol. The number of furan rings is 1. The second-order valence-electron chi connectivity index (χ2n) is 8.54. The third kappa shape index (κ3) is 6.04. The molecule has 2 heterocycles. The third-order valence-electron chi connectivity index (χ3n) is 6.57. The van der Waals surface area contributed by atoms with Crippen molar-refractivity contribution in [3.63, 3.8) is 0 Å². The van der Waals surface area contributed by atoms with Crippen LogP contribution in [-0.2, 0) is 16.0 Å². The summed E-state index contributed by atoms with van der Waals surface area (Å²) in [6.45, 7) is 7.04. The Bertz CT molecular complexity index is 1100. The number of thioether (sulfide) groups is 1. The van der Waals surface area contributed by atoms with Crippen molar-refractivity contribution < 1.29 is 18.7 Å². The van der Waals surface area contributed by atoms with Gasteiger partial charge in [0.15, 0.2) is 6.29 Å². The molecule has 35 heavy (non-hydrogen) atoms. The zero-order valence-corrected chi connectivity index (χ0v) is 22.2. The molecule has 1 amide bonds. The Balaban J connectivity index is 2.00. The van der Waals surface area contributed by atoms with Crippen molar-refractivity contribution in [2.45, 2.75) is 46.1 Å². The maximum absolute atomic E-state index is 13.6. The van der Waals surface area contributed by atoms with Crippen molar-refractivity contribution >= 4 is 40.6 Å². The molecular formula is C27H37N3O4S. The van der Waals surface area contributed by atoms with Crippen LogP contribution in [0.5, 0.6) is 0 Å². The van der Waals surface area contributed by atoms with Gasteiger partial charge in [0.25, 0.3) is 5.91 Å². The molecule has 1 aliphatic rings. The standard InChI is InChI=1S/C27H37N3O4S/c1-6-21-23(30(7-2)20-9-12-35-13-10-20)15-25-22(8-11-34-25)26(21)27(32)29-16-19(17-31)24(33-5)14-18(3)28-4/h8,11,14-15,17,20,28H,6-7,9-10,12-13,16H2,1-5H3,(H,29,32)/b18-14-,24-19+. The molecule has 0 unspecified atom stereocenters. The summed E-state index contributed by atoms with van der Waals surface area (Å²) in [6.07, 6.45) is 7.07. The van der Waals surface area contributed by atoms with Gasteiger partial charge in [0.2, 0.25) is 0 Å². The van der Waals surface area contributed by atoms with Gasteiger partial charge >= 0.3 is 0 Å². The lowest BCUT2D eigenvalue weighted by Crippen LogP contribution is -2.39. The number of anilines is 1. The quantitative estimate of drug-likeness (QED) is 0.201. The molecule has 0 saturated carbocycles. The van der Waals surface area contributed by atoms with Gasteiger partial charge in [0, 0.05) is 49.0 Å². The van der Waals surface area contributed by atoms with E-state index < -0.39 is 0 Å². The van der Waals surface area contributed by atoms with Crippen LogP contribution in [0.25, 0.3) is 11.0 Å². The SMILES string of the molecule is CCc1c(N(CC)C2CCSCC2)cc2occc2c1C(=O)NC/C(C=O)=C(/C=C(/C)NC)OC. The van der Waals surface area contributed by atoms with E-state index in [9.17, 15) is 9.59 Å². The van der Waals surface area contributed by atoms with Gasteiger partial charge in [-0.3, -0.25) is 9.59 Å². The number of nitrogens with one attached hydrogen (secondary N) is 2. The highest BCUT2D eigenvalue weighted by atomic mass is 32.2. The van der Waals surface area contributed by atoms with E-state index in [-0.39, 0.29) is 12.5 Å². The minimum absolute atomic E-state index is 0.0586. The highest BCUT2D eigenvalue weighted by Gasteiger charge is 2.27. The minimum atomic E-state index is -0.227. The second kappa shape index (κ2) is 12.7. The Morgan fingerprint density at radius 2 is 2.06 bits per heavy atom. The van der Waals surface area contributed by atoms with Crippen molar-refractivity contribution in [2.75, 3.05) is 43.7 Å².